The molecule has 3 N–H and O–H groups in total. The van der Waals surface area contributed by atoms with Gasteiger partial charge < -0.3 is 6.15 Å². The van der Waals surface area contributed by atoms with Crippen molar-refractivity contribution < 1.29 is 8.78 Å². The average Bonchev–Trinajstić information content (AvgIpc) is 2.28. The highest BCUT2D eigenvalue weighted by Gasteiger charge is 2.09. The summed E-state index contributed by atoms with van der Waals surface area (Å²) in [6.07, 6.45) is 0. The van der Waals surface area contributed by atoms with Gasteiger partial charge in [0, 0.05) is 5.92 Å². The van der Waals surface area contributed by atoms with Gasteiger partial charge in [0.25, 0.3) is 0 Å². The predicted molar refractivity (Wildman–Crippen MR) is 65.3 cm³/mol. The van der Waals surface area contributed by atoms with E-state index in [0.717, 1.165) is 11.1 Å². The number of benzene rings is 2. The van der Waals surface area contributed by atoms with E-state index < -0.39 is 0 Å². The lowest BCUT2D eigenvalue weighted by atomic mass is 9.93. The third-order valence-electron chi connectivity index (χ3n) is 2.70. The van der Waals surface area contributed by atoms with Crippen molar-refractivity contribution in [2.45, 2.75) is 12.8 Å². The summed E-state index contributed by atoms with van der Waals surface area (Å²) in [7, 11) is 0. The largest absolute Gasteiger partial charge is 0.344 e. The van der Waals surface area contributed by atoms with E-state index in [1.54, 1.807) is 12.1 Å². The number of hydrogen-bond donors (Lipinski definition) is 1. The highest BCUT2D eigenvalue weighted by molar-refractivity contribution is 5.32. The molecule has 0 unspecified atom stereocenters. The van der Waals surface area contributed by atoms with Gasteiger partial charge in [-0.15, -0.1) is 0 Å². The minimum Gasteiger partial charge on any atom is -0.344 e. The molecule has 2 aromatic carbocycles. The summed E-state index contributed by atoms with van der Waals surface area (Å²) in [5.41, 5.74) is 1.70. The molecule has 2 aromatic rings. The Kier molecular flexibility index (Phi) is 4.35. The van der Waals surface area contributed by atoms with Gasteiger partial charge in [-0.05, 0) is 35.4 Å². The van der Waals surface area contributed by atoms with Crippen LogP contribution in [0.15, 0.2) is 48.5 Å². The van der Waals surface area contributed by atoms with Crippen molar-refractivity contribution in [3.05, 3.63) is 71.3 Å². The molecule has 17 heavy (non-hydrogen) atoms. The van der Waals surface area contributed by atoms with E-state index in [4.69, 9.17) is 0 Å². The SMILES string of the molecule is CC(c1cccc(F)c1)c1cccc(F)c1.N. The number of hydrogen-bond acceptors (Lipinski definition) is 1. The lowest BCUT2D eigenvalue weighted by molar-refractivity contribution is 0.621. The number of rotatable bonds is 2. The van der Waals surface area contributed by atoms with Crippen LogP contribution in [0, 0.1) is 11.6 Å². The highest BCUT2D eigenvalue weighted by atomic mass is 19.1. The fourth-order valence-electron chi connectivity index (χ4n) is 1.74. The van der Waals surface area contributed by atoms with Gasteiger partial charge in [0.05, 0.1) is 0 Å². The van der Waals surface area contributed by atoms with Gasteiger partial charge in [-0.25, -0.2) is 8.78 Å². The van der Waals surface area contributed by atoms with Crippen LogP contribution in [0.5, 0.6) is 0 Å². The van der Waals surface area contributed by atoms with Gasteiger partial charge in [0.15, 0.2) is 0 Å². The molecule has 0 aliphatic carbocycles. The van der Waals surface area contributed by atoms with Gasteiger partial charge in [-0.3, -0.25) is 0 Å². The summed E-state index contributed by atoms with van der Waals surface area (Å²) in [4.78, 5) is 0. The van der Waals surface area contributed by atoms with Crippen LogP contribution in [-0.2, 0) is 0 Å². The van der Waals surface area contributed by atoms with Gasteiger partial charge in [0.2, 0.25) is 0 Å². The van der Waals surface area contributed by atoms with Crippen LogP contribution in [0.25, 0.3) is 0 Å². The predicted octanol–water partition coefficient (Wildman–Crippen LogP) is 4.28. The summed E-state index contributed by atoms with van der Waals surface area (Å²) < 4.78 is 26.1. The maximum absolute atomic E-state index is 13.0. The normalized spacial score (nSPS) is 10.1. The minimum absolute atomic E-state index is 0. The fraction of sp³-hybridized carbons (Fsp3) is 0.143. The Morgan fingerprint density at radius 3 is 1.59 bits per heavy atom. The summed E-state index contributed by atoms with van der Waals surface area (Å²) in [6, 6.07) is 12.8. The Hall–Kier alpha value is -1.74. The average molecular weight is 235 g/mol. The summed E-state index contributed by atoms with van der Waals surface area (Å²) in [5, 5.41) is 0. The second-order valence-corrected chi connectivity index (χ2v) is 3.83. The molecule has 3 heteroatoms. The standard InChI is InChI=1S/C14H12F2.H3N/c1-10(11-4-2-6-13(15)8-11)12-5-3-7-14(16)9-12;/h2-10H,1H3;1H3. The molecule has 0 saturated carbocycles. The molecular weight excluding hydrogens is 220 g/mol. The first-order chi connectivity index (χ1) is 7.66. The molecule has 0 spiro atoms. The van der Waals surface area contributed by atoms with E-state index in [1.807, 2.05) is 19.1 Å². The van der Waals surface area contributed by atoms with E-state index in [2.05, 4.69) is 0 Å². The maximum atomic E-state index is 13.0. The van der Waals surface area contributed by atoms with Crippen LogP contribution in [-0.4, -0.2) is 0 Å². The molecule has 0 saturated heterocycles. The van der Waals surface area contributed by atoms with Gasteiger partial charge in [-0.2, -0.15) is 0 Å². The van der Waals surface area contributed by atoms with Crippen molar-refractivity contribution in [1.82, 2.24) is 6.15 Å². The molecule has 90 valence electrons. The van der Waals surface area contributed by atoms with Gasteiger partial charge in [-0.1, -0.05) is 31.2 Å². The van der Waals surface area contributed by atoms with E-state index in [9.17, 15) is 8.78 Å². The number of halogens is 2. The Balaban J connectivity index is 0.00000144. The van der Waals surface area contributed by atoms with E-state index >= 15 is 0 Å². The molecule has 0 radical (unpaired) electrons. The zero-order valence-corrected chi connectivity index (χ0v) is 9.66. The van der Waals surface area contributed by atoms with Crippen molar-refractivity contribution in [3.63, 3.8) is 0 Å². The van der Waals surface area contributed by atoms with Crippen molar-refractivity contribution >= 4 is 0 Å². The van der Waals surface area contributed by atoms with E-state index in [1.165, 1.54) is 24.3 Å². The monoisotopic (exact) mass is 235 g/mol. The van der Waals surface area contributed by atoms with Crippen LogP contribution in [0.3, 0.4) is 0 Å². The lowest BCUT2D eigenvalue weighted by Crippen LogP contribution is -1.97. The molecule has 1 nitrogen and oxygen atoms in total. The molecule has 0 aliphatic rings. The minimum atomic E-state index is -0.263. The first kappa shape index (κ1) is 13.3. The third-order valence-corrected chi connectivity index (χ3v) is 2.70. The molecule has 0 bridgehead atoms. The second kappa shape index (κ2) is 5.55. The summed E-state index contributed by atoms with van der Waals surface area (Å²) >= 11 is 0. The van der Waals surface area contributed by atoms with Crippen LogP contribution in [0.2, 0.25) is 0 Å². The van der Waals surface area contributed by atoms with Crippen molar-refractivity contribution in [1.29, 1.82) is 0 Å². The molecular formula is C14H15F2N. The second-order valence-electron chi connectivity index (χ2n) is 3.83. The topological polar surface area (TPSA) is 35.0 Å². The van der Waals surface area contributed by atoms with Crippen LogP contribution < -0.4 is 6.15 Å². The van der Waals surface area contributed by atoms with Gasteiger partial charge >= 0.3 is 0 Å². The molecule has 0 atom stereocenters. The Labute approximate surface area is 99.7 Å². The summed E-state index contributed by atoms with van der Waals surface area (Å²) in [5.74, 6) is -0.534. The molecule has 0 heterocycles. The Bertz CT molecular complexity index is 452. The molecule has 0 fully saturated rings. The maximum Gasteiger partial charge on any atom is 0.123 e. The molecule has 0 aliphatic heterocycles. The zero-order valence-electron chi connectivity index (χ0n) is 9.66. The van der Waals surface area contributed by atoms with Crippen molar-refractivity contribution in [2.75, 3.05) is 0 Å². The van der Waals surface area contributed by atoms with Gasteiger partial charge in [0.1, 0.15) is 11.6 Å². The van der Waals surface area contributed by atoms with Crippen molar-refractivity contribution in [2.24, 2.45) is 0 Å². The zero-order chi connectivity index (χ0) is 11.5. The third kappa shape index (κ3) is 3.11. The van der Waals surface area contributed by atoms with E-state index in [-0.39, 0.29) is 23.7 Å². The van der Waals surface area contributed by atoms with Crippen molar-refractivity contribution in [3.8, 4) is 0 Å². The fourth-order valence-corrected chi connectivity index (χ4v) is 1.74. The molecule has 0 aromatic heterocycles. The Morgan fingerprint density at radius 1 is 0.824 bits per heavy atom. The first-order valence-electron chi connectivity index (χ1n) is 5.18. The van der Waals surface area contributed by atoms with Crippen LogP contribution >= 0.6 is 0 Å². The van der Waals surface area contributed by atoms with E-state index in [0.29, 0.717) is 0 Å². The molecule has 2 rings (SSSR count). The molecule has 0 amide bonds. The van der Waals surface area contributed by atoms with Crippen LogP contribution in [0.4, 0.5) is 8.78 Å². The Morgan fingerprint density at radius 2 is 1.24 bits per heavy atom. The van der Waals surface area contributed by atoms with Crippen LogP contribution in [0.1, 0.15) is 24.0 Å². The highest BCUT2D eigenvalue weighted by Crippen LogP contribution is 2.24. The summed E-state index contributed by atoms with van der Waals surface area (Å²) in [6.45, 7) is 1.93. The first-order valence-corrected chi connectivity index (χ1v) is 5.18. The lowest BCUT2D eigenvalue weighted by Gasteiger charge is -2.12. The smallest absolute Gasteiger partial charge is 0.123 e. The quantitative estimate of drug-likeness (QED) is 0.828.